The SMILES string of the molecule is CC(C)(C)c1ccc(CCOc2cccc(CNCCC(=O)O)c2)cc1. The molecule has 26 heavy (non-hydrogen) atoms. The van der Waals surface area contributed by atoms with Gasteiger partial charge in [0.1, 0.15) is 5.75 Å². The molecular weight excluding hydrogens is 326 g/mol. The second-order valence-corrected chi connectivity index (χ2v) is 7.51. The summed E-state index contributed by atoms with van der Waals surface area (Å²) in [5.41, 5.74) is 3.87. The fourth-order valence-corrected chi connectivity index (χ4v) is 2.63. The van der Waals surface area contributed by atoms with Crippen LogP contribution < -0.4 is 10.1 Å². The minimum absolute atomic E-state index is 0.129. The van der Waals surface area contributed by atoms with E-state index in [-0.39, 0.29) is 11.8 Å². The summed E-state index contributed by atoms with van der Waals surface area (Å²) in [4.78, 5) is 10.5. The molecule has 0 aromatic heterocycles. The number of rotatable bonds is 9. The molecule has 2 aromatic carbocycles. The van der Waals surface area contributed by atoms with Crippen LogP contribution in [0.5, 0.6) is 5.75 Å². The van der Waals surface area contributed by atoms with Crippen LogP contribution in [0, 0.1) is 0 Å². The Morgan fingerprint density at radius 2 is 1.81 bits per heavy atom. The average Bonchev–Trinajstić information content (AvgIpc) is 2.59. The molecule has 2 rings (SSSR count). The van der Waals surface area contributed by atoms with Crippen molar-refractivity contribution in [2.24, 2.45) is 0 Å². The number of benzene rings is 2. The van der Waals surface area contributed by atoms with Gasteiger partial charge < -0.3 is 15.2 Å². The maximum absolute atomic E-state index is 10.5. The van der Waals surface area contributed by atoms with E-state index in [1.54, 1.807) is 0 Å². The lowest BCUT2D eigenvalue weighted by atomic mass is 9.86. The first-order chi connectivity index (χ1) is 12.3. The van der Waals surface area contributed by atoms with E-state index in [9.17, 15) is 4.79 Å². The summed E-state index contributed by atoms with van der Waals surface area (Å²) >= 11 is 0. The molecule has 140 valence electrons. The zero-order chi connectivity index (χ0) is 19.0. The van der Waals surface area contributed by atoms with E-state index >= 15 is 0 Å². The smallest absolute Gasteiger partial charge is 0.304 e. The Kier molecular flexibility index (Phi) is 7.22. The van der Waals surface area contributed by atoms with Gasteiger partial charge in [-0.2, -0.15) is 0 Å². The molecule has 4 nitrogen and oxygen atoms in total. The Morgan fingerprint density at radius 3 is 2.46 bits per heavy atom. The minimum Gasteiger partial charge on any atom is -0.493 e. The van der Waals surface area contributed by atoms with Crippen molar-refractivity contribution >= 4 is 5.97 Å². The van der Waals surface area contributed by atoms with E-state index in [1.165, 1.54) is 11.1 Å². The lowest BCUT2D eigenvalue weighted by Gasteiger charge is -2.19. The highest BCUT2D eigenvalue weighted by molar-refractivity contribution is 5.66. The van der Waals surface area contributed by atoms with Crippen LogP contribution in [-0.2, 0) is 23.2 Å². The fourth-order valence-electron chi connectivity index (χ4n) is 2.63. The van der Waals surface area contributed by atoms with Crippen LogP contribution in [-0.4, -0.2) is 24.2 Å². The van der Waals surface area contributed by atoms with Crippen molar-refractivity contribution in [3.8, 4) is 5.75 Å². The standard InChI is InChI=1S/C22H29NO3/c1-22(2,3)19-9-7-17(8-10-19)12-14-26-20-6-4-5-18(15-20)16-23-13-11-21(24)25/h4-10,15,23H,11-14,16H2,1-3H3,(H,24,25). The highest BCUT2D eigenvalue weighted by atomic mass is 16.5. The van der Waals surface area contributed by atoms with Crippen LogP contribution >= 0.6 is 0 Å². The molecule has 0 bridgehead atoms. The number of hydrogen-bond acceptors (Lipinski definition) is 3. The van der Waals surface area contributed by atoms with Gasteiger partial charge in [0.15, 0.2) is 0 Å². The third-order valence-electron chi connectivity index (χ3n) is 4.22. The molecule has 0 aliphatic heterocycles. The Labute approximate surface area is 156 Å². The number of hydrogen-bond donors (Lipinski definition) is 2. The maximum Gasteiger partial charge on any atom is 0.304 e. The van der Waals surface area contributed by atoms with E-state index in [1.807, 2.05) is 24.3 Å². The molecule has 0 spiro atoms. The zero-order valence-electron chi connectivity index (χ0n) is 15.9. The van der Waals surface area contributed by atoms with Crippen LogP contribution in [0.4, 0.5) is 0 Å². The van der Waals surface area contributed by atoms with E-state index in [0.717, 1.165) is 17.7 Å². The summed E-state index contributed by atoms with van der Waals surface area (Å²) in [6, 6.07) is 16.6. The third-order valence-corrected chi connectivity index (χ3v) is 4.22. The molecule has 0 aliphatic carbocycles. The lowest BCUT2D eigenvalue weighted by Crippen LogP contribution is -2.17. The van der Waals surface area contributed by atoms with Crippen LogP contribution in [0.1, 0.15) is 43.9 Å². The first kappa shape index (κ1) is 20.0. The van der Waals surface area contributed by atoms with Crippen molar-refractivity contribution in [2.45, 2.75) is 45.6 Å². The predicted molar refractivity (Wildman–Crippen MR) is 105 cm³/mol. The van der Waals surface area contributed by atoms with Gasteiger partial charge in [0, 0.05) is 19.5 Å². The van der Waals surface area contributed by atoms with Gasteiger partial charge in [-0.15, -0.1) is 0 Å². The van der Waals surface area contributed by atoms with Gasteiger partial charge in [0.25, 0.3) is 0 Å². The molecule has 0 amide bonds. The van der Waals surface area contributed by atoms with E-state index < -0.39 is 5.97 Å². The molecule has 4 heteroatoms. The molecule has 2 aromatic rings. The van der Waals surface area contributed by atoms with Gasteiger partial charge in [0.05, 0.1) is 13.0 Å². The molecule has 0 radical (unpaired) electrons. The summed E-state index contributed by atoms with van der Waals surface area (Å²) in [7, 11) is 0. The van der Waals surface area contributed by atoms with Crippen LogP contribution in [0.2, 0.25) is 0 Å². The van der Waals surface area contributed by atoms with Crippen LogP contribution in [0.25, 0.3) is 0 Å². The topological polar surface area (TPSA) is 58.6 Å². The Balaban J connectivity index is 1.78. The molecule has 0 saturated heterocycles. The van der Waals surface area contributed by atoms with Crippen molar-refractivity contribution in [2.75, 3.05) is 13.2 Å². The highest BCUT2D eigenvalue weighted by Crippen LogP contribution is 2.22. The number of carboxylic acid groups (broad SMARTS) is 1. The Morgan fingerprint density at radius 1 is 1.08 bits per heavy atom. The summed E-state index contributed by atoms with van der Waals surface area (Å²) in [5.74, 6) is 0.0546. The molecule has 0 atom stereocenters. The number of ether oxygens (including phenoxy) is 1. The maximum atomic E-state index is 10.5. The number of aliphatic carboxylic acids is 1. The lowest BCUT2D eigenvalue weighted by molar-refractivity contribution is -0.136. The van der Waals surface area contributed by atoms with Gasteiger partial charge in [-0.3, -0.25) is 4.79 Å². The molecule has 0 saturated carbocycles. The predicted octanol–water partition coefficient (Wildman–Crippen LogP) is 4.17. The Hall–Kier alpha value is -2.33. The van der Waals surface area contributed by atoms with Crippen molar-refractivity contribution in [3.63, 3.8) is 0 Å². The molecule has 0 fully saturated rings. The van der Waals surface area contributed by atoms with Gasteiger partial charge in [0.2, 0.25) is 0 Å². The second kappa shape index (κ2) is 9.39. The normalized spacial score (nSPS) is 11.3. The van der Waals surface area contributed by atoms with E-state index in [2.05, 4.69) is 50.4 Å². The van der Waals surface area contributed by atoms with Crippen molar-refractivity contribution in [1.82, 2.24) is 5.32 Å². The molecular formula is C22H29NO3. The Bertz CT molecular complexity index is 702. The minimum atomic E-state index is -0.787. The monoisotopic (exact) mass is 355 g/mol. The molecule has 0 unspecified atom stereocenters. The van der Waals surface area contributed by atoms with Crippen molar-refractivity contribution < 1.29 is 14.6 Å². The summed E-state index contributed by atoms with van der Waals surface area (Å²) in [6.07, 6.45) is 0.996. The first-order valence-corrected chi connectivity index (χ1v) is 9.08. The first-order valence-electron chi connectivity index (χ1n) is 9.08. The summed E-state index contributed by atoms with van der Waals surface area (Å²) < 4.78 is 5.87. The average molecular weight is 355 g/mol. The van der Waals surface area contributed by atoms with Gasteiger partial charge in [-0.25, -0.2) is 0 Å². The highest BCUT2D eigenvalue weighted by Gasteiger charge is 2.12. The molecule has 0 aliphatic rings. The summed E-state index contributed by atoms with van der Waals surface area (Å²) in [6.45, 7) is 8.38. The molecule has 2 N–H and O–H groups in total. The fraction of sp³-hybridized carbons (Fsp3) is 0.409. The largest absolute Gasteiger partial charge is 0.493 e. The van der Waals surface area contributed by atoms with Crippen molar-refractivity contribution in [1.29, 1.82) is 0 Å². The van der Waals surface area contributed by atoms with Gasteiger partial charge in [-0.05, 0) is 34.2 Å². The third kappa shape index (κ3) is 6.89. The van der Waals surface area contributed by atoms with Gasteiger partial charge >= 0.3 is 5.97 Å². The quantitative estimate of drug-likeness (QED) is 0.663. The molecule has 0 heterocycles. The van der Waals surface area contributed by atoms with Gasteiger partial charge in [-0.1, -0.05) is 57.2 Å². The number of nitrogens with one attached hydrogen (secondary N) is 1. The van der Waals surface area contributed by atoms with Crippen LogP contribution in [0.15, 0.2) is 48.5 Å². The number of carboxylic acids is 1. The summed E-state index contributed by atoms with van der Waals surface area (Å²) in [5, 5.41) is 11.8. The van der Waals surface area contributed by atoms with Crippen LogP contribution in [0.3, 0.4) is 0 Å². The van der Waals surface area contributed by atoms with E-state index in [4.69, 9.17) is 9.84 Å². The van der Waals surface area contributed by atoms with E-state index in [0.29, 0.717) is 19.7 Å². The van der Waals surface area contributed by atoms with Crippen molar-refractivity contribution in [3.05, 3.63) is 65.2 Å². The second-order valence-electron chi connectivity index (χ2n) is 7.51. The zero-order valence-corrected chi connectivity index (χ0v) is 15.9. The number of carbonyl (C=O) groups is 1.